The number of carboxylic acids is 1. The number of hydrogen-bond donors (Lipinski definition) is 3. The van der Waals surface area contributed by atoms with Gasteiger partial charge in [-0.3, -0.25) is 14.4 Å². The number of rotatable bonds is 10. The number of furan rings is 1. The van der Waals surface area contributed by atoms with Crippen LogP contribution in [0.3, 0.4) is 0 Å². The van der Waals surface area contributed by atoms with E-state index in [9.17, 15) is 23.6 Å². The first kappa shape index (κ1) is 23.2. The van der Waals surface area contributed by atoms with Crippen LogP contribution in [0, 0.1) is 11.7 Å². The number of aliphatic carboxylic acids is 1. The van der Waals surface area contributed by atoms with Crippen LogP contribution in [0.15, 0.2) is 40.8 Å². The molecular weight excluding hydrogens is 419 g/mol. The maximum atomic E-state index is 13.5. The summed E-state index contributed by atoms with van der Waals surface area (Å²) in [4.78, 5) is 47.5. The monoisotopic (exact) mass is 444 g/mol. The molecule has 0 radical (unpaired) electrons. The largest absolute Gasteiger partial charge is 0.481 e. The molecule has 2 atom stereocenters. The van der Waals surface area contributed by atoms with E-state index in [2.05, 4.69) is 10.6 Å². The Bertz CT molecular complexity index is 982. The van der Waals surface area contributed by atoms with E-state index in [1.165, 1.54) is 30.3 Å². The van der Waals surface area contributed by atoms with Crippen molar-refractivity contribution < 1.29 is 33.1 Å². The summed E-state index contributed by atoms with van der Waals surface area (Å²) in [6, 6.07) is 6.55. The summed E-state index contributed by atoms with van der Waals surface area (Å²) < 4.78 is 19.0. The summed E-state index contributed by atoms with van der Waals surface area (Å²) in [6.45, 7) is 0. The predicted octanol–water partition coefficient (Wildman–Crippen LogP) is 2.92. The Kier molecular flexibility index (Phi) is 7.75. The molecule has 3 rings (SSSR count). The maximum absolute atomic E-state index is 13.5. The molecule has 1 aliphatic carbocycles. The third-order valence-electron chi connectivity index (χ3n) is 5.49. The second kappa shape index (κ2) is 10.7. The van der Waals surface area contributed by atoms with Crippen LogP contribution in [0.1, 0.15) is 49.1 Å². The van der Waals surface area contributed by atoms with Crippen LogP contribution in [0.4, 0.5) is 4.39 Å². The molecule has 2 amide bonds. The van der Waals surface area contributed by atoms with E-state index in [0.29, 0.717) is 24.0 Å². The van der Waals surface area contributed by atoms with Crippen LogP contribution in [-0.4, -0.2) is 41.3 Å². The van der Waals surface area contributed by atoms with Gasteiger partial charge >= 0.3 is 5.97 Å². The number of amides is 2. The van der Waals surface area contributed by atoms with Crippen molar-refractivity contribution in [3.63, 3.8) is 0 Å². The highest BCUT2D eigenvalue weighted by Gasteiger charge is 2.29. The Balaban J connectivity index is 1.72. The summed E-state index contributed by atoms with van der Waals surface area (Å²) in [7, 11) is 0. The van der Waals surface area contributed by atoms with Crippen molar-refractivity contribution in [1.29, 1.82) is 0 Å². The van der Waals surface area contributed by atoms with Crippen LogP contribution in [0.25, 0.3) is 11.3 Å². The Morgan fingerprint density at radius 3 is 2.56 bits per heavy atom. The van der Waals surface area contributed by atoms with Gasteiger partial charge in [-0.25, -0.2) is 4.39 Å². The van der Waals surface area contributed by atoms with Gasteiger partial charge in [0.2, 0.25) is 5.91 Å². The van der Waals surface area contributed by atoms with E-state index < -0.39 is 42.1 Å². The lowest BCUT2D eigenvalue weighted by molar-refractivity contribution is -0.139. The molecule has 0 aliphatic heterocycles. The number of nitrogens with one attached hydrogen (secondary N) is 2. The van der Waals surface area contributed by atoms with Crippen molar-refractivity contribution in [2.75, 3.05) is 0 Å². The molecule has 0 bridgehead atoms. The molecule has 32 heavy (non-hydrogen) atoms. The predicted molar refractivity (Wildman–Crippen MR) is 112 cm³/mol. The zero-order valence-corrected chi connectivity index (χ0v) is 17.4. The number of aldehydes is 1. The Morgan fingerprint density at radius 2 is 1.91 bits per heavy atom. The summed E-state index contributed by atoms with van der Waals surface area (Å²) in [5.41, 5.74) is 0.465. The molecule has 0 unspecified atom stereocenters. The lowest BCUT2D eigenvalue weighted by Gasteiger charge is -2.22. The third-order valence-corrected chi connectivity index (χ3v) is 5.49. The lowest BCUT2D eigenvalue weighted by atomic mass is 9.97. The fraction of sp³-hybridized carbons (Fsp3) is 0.391. The molecule has 1 aromatic carbocycles. The normalized spacial score (nSPS) is 15.7. The number of carbonyl (C=O) groups excluding carboxylic acids is 3. The average molecular weight is 444 g/mol. The second-order valence-electron chi connectivity index (χ2n) is 7.94. The van der Waals surface area contributed by atoms with E-state index in [4.69, 9.17) is 9.52 Å². The quantitative estimate of drug-likeness (QED) is 0.484. The second-order valence-corrected chi connectivity index (χ2v) is 7.94. The fourth-order valence-corrected chi connectivity index (χ4v) is 3.90. The zero-order chi connectivity index (χ0) is 23.1. The lowest BCUT2D eigenvalue weighted by Crippen LogP contribution is -2.51. The van der Waals surface area contributed by atoms with Gasteiger partial charge < -0.3 is 25.0 Å². The zero-order valence-electron chi connectivity index (χ0n) is 17.4. The molecule has 9 heteroatoms. The molecule has 170 valence electrons. The van der Waals surface area contributed by atoms with Gasteiger partial charge in [-0.2, -0.15) is 0 Å². The van der Waals surface area contributed by atoms with Gasteiger partial charge in [-0.15, -0.1) is 0 Å². The van der Waals surface area contributed by atoms with Crippen molar-refractivity contribution >= 4 is 24.1 Å². The van der Waals surface area contributed by atoms with Gasteiger partial charge in [-0.1, -0.05) is 37.8 Å². The van der Waals surface area contributed by atoms with Crippen LogP contribution >= 0.6 is 0 Å². The van der Waals surface area contributed by atoms with Crippen molar-refractivity contribution in [2.24, 2.45) is 5.92 Å². The van der Waals surface area contributed by atoms with Gasteiger partial charge in [0.25, 0.3) is 5.91 Å². The molecule has 0 saturated heterocycles. The summed E-state index contributed by atoms with van der Waals surface area (Å²) >= 11 is 0. The number of benzene rings is 1. The molecule has 1 aliphatic rings. The van der Waals surface area contributed by atoms with Crippen molar-refractivity contribution in [2.45, 2.75) is 50.6 Å². The van der Waals surface area contributed by atoms with Crippen LogP contribution in [0.5, 0.6) is 0 Å². The van der Waals surface area contributed by atoms with E-state index in [1.807, 2.05) is 0 Å². The molecule has 1 saturated carbocycles. The molecule has 2 aromatic rings. The fourth-order valence-electron chi connectivity index (χ4n) is 3.90. The highest BCUT2D eigenvalue weighted by Crippen LogP contribution is 2.29. The Hall–Kier alpha value is -3.49. The minimum atomic E-state index is -1.22. The van der Waals surface area contributed by atoms with Crippen LogP contribution in [0.2, 0.25) is 0 Å². The molecule has 3 N–H and O–H groups in total. The Morgan fingerprint density at radius 1 is 1.16 bits per heavy atom. The molecule has 1 aromatic heterocycles. The van der Waals surface area contributed by atoms with Gasteiger partial charge in [0, 0.05) is 5.56 Å². The average Bonchev–Trinajstić information content (AvgIpc) is 3.44. The molecule has 1 fully saturated rings. The van der Waals surface area contributed by atoms with E-state index in [0.717, 1.165) is 25.7 Å². The first-order valence-electron chi connectivity index (χ1n) is 10.5. The summed E-state index contributed by atoms with van der Waals surface area (Å²) in [5.74, 6) is -2.43. The van der Waals surface area contributed by atoms with Gasteiger partial charge in [0.1, 0.15) is 23.9 Å². The summed E-state index contributed by atoms with van der Waals surface area (Å²) in [6.07, 6.45) is 4.11. The number of carboxylic acid groups (broad SMARTS) is 1. The van der Waals surface area contributed by atoms with Gasteiger partial charge in [0.15, 0.2) is 5.76 Å². The standard InChI is InChI=1S/C23H25FN2O6/c24-16-7-3-6-15(11-16)19-8-9-20(32-19)23(31)26-18(10-14-4-1-2-5-14)22(30)25-17(13-27)12-21(28)29/h3,6-9,11,13-14,17-18H,1-2,4-5,10,12H2,(H,25,30)(H,26,31)(H,28,29)/t17-,18-/m0/s1. The highest BCUT2D eigenvalue weighted by atomic mass is 19.1. The van der Waals surface area contributed by atoms with Crippen molar-refractivity contribution in [3.05, 3.63) is 48.0 Å². The minimum absolute atomic E-state index is 0.0500. The smallest absolute Gasteiger partial charge is 0.305 e. The molecular formula is C23H25FN2O6. The van der Waals surface area contributed by atoms with E-state index >= 15 is 0 Å². The van der Waals surface area contributed by atoms with E-state index in [-0.39, 0.29) is 11.7 Å². The first-order valence-corrected chi connectivity index (χ1v) is 10.5. The van der Waals surface area contributed by atoms with Crippen molar-refractivity contribution in [1.82, 2.24) is 10.6 Å². The van der Waals surface area contributed by atoms with Crippen molar-refractivity contribution in [3.8, 4) is 11.3 Å². The third kappa shape index (κ3) is 6.26. The van der Waals surface area contributed by atoms with E-state index in [1.54, 1.807) is 6.07 Å². The number of carbonyl (C=O) groups is 4. The summed E-state index contributed by atoms with van der Waals surface area (Å²) in [5, 5.41) is 13.9. The molecule has 8 nitrogen and oxygen atoms in total. The number of halogens is 1. The van der Waals surface area contributed by atoms with Crippen LogP contribution < -0.4 is 10.6 Å². The number of hydrogen-bond acceptors (Lipinski definition) is 5. The van der Waals surface area contributed by atoms with Gasteiger partial charge in [0.05, 0.1) is 12.5 Å². The van der Waals surface area contributed by atoms with Crippen LogP contribution in [-0.2, 0) is 14.4 Å². The topological polar surface area (TPSA) is 126 Å². The molecule has 0 spiro atoms. The molecule has 1 heterocycles. The van der Waals surface area contributed by atoms with Gasteiger partial charge in [-0.05, 0) is 36.6 Å². The SMILES string of the molecule is O=C[C@H](CC(=O)O)NC(=O)[C@H](CC1CCCC1)NC(=O)c1ccc(-c2cccc(F)c2)o1. The maximum Gasteiger partial charge on any atom is 0.305 e. The highest BCUT2D eigenvalue weighted by molar-refractivity contribution is 5.96. The Labute approximate surface area is 184 Å². The minimum Gasteiger partial charge on any atom is -0.481 e. The first-order chi connectivity index (χ1) is 15.4.